The summed E-state index contributed by atoms with van der Waals surface area (Å²) in [5.41, 5.74) is 14.7. The summed E-state index contributed by atoms with van der Waals surface area (Å²) in [5, 5.41) is 21.9. The van der Waals surface area contributed by atoms with E-state index in [9.17, 15) is 19.6 Å². The second-order valence-electron chi connectivity index (χ2n) is 12.3. The minimum absolute atomic E-state index is 0.0174. The van der Waals surface area contributed by atoms with Crippen molar-refractivity contribution in [2.75, 3.05) is 6.54 Å². The van der Waals surface area contributed by atoms with Crippen LogP contribution in [0.2, 0.25) is 0 Å². The molecule has 0 radical (unpaired) electrons. The fraction of sp³-hybridized carbons (Fsp3) is 0.455. The van der Waals surface area contributed by atoms with E-state index < -0.39 is 23.3 Å². The molecule has 5 N–H and O–H groups in total. The van der Waals surface area contributed by atoms with E-state index in [-0.39, 0.29) is 30.5 Å². The van der Waals surface area contributed by atoms with E-state index in [1.54, 1.807) is 24.0 Å². The lowest BCUT2D eigenvalue weighted by atomic mass is 9.68. The normalized spacial score (nSPS) is 16.6. The third kappa shape index (κ3) is 5.82. The molecule has 0 bridgehead atoms. The number of hydrogen-bond acceptors (Lipinski definition) is 8. The first-order valence-electron chi connectivity index (χ1n) is 15.1. The lowest BCUT2D eigenvalue weighted by Crippen LogP contribution is -2.47. The van der Waals surface area contributed by atoms with Gasteiger partial charge in [0.1, 0.15) is 11.5 Å². The molecule has 2 aliphatic rings. The summed E-state index contributed by atoms with van der Waals surface area (Å²) >= 11 is 0. The van der Waals surface area contributed by atoms with Crippen LogP contribution in [0.3, 0.4) is 0 Å². The number of nitriles is 1. The summed E-state index contributed by atoms with van der Waals surface area (Å²) in [5.74, 6) is -0.345. The number of rotatable bonds is 11. The van der Waals surface area contributed by atoms with Crippen LogP contribution in [0.15, 0.2) is 40.8 Å². The molecule has 0 aliphatic heterocycles. The Kier molecular flexibility index (Phi) is 8.57. The Balaban J connectivity index is 1.63. The molecular formula is C33H39N7O4. The lowest BCUT2D eigenvalue weighted by molar-refractivity contribution is -0.132. The number of carbonyl (C=O) groups excluding carboxylic acids is 3. The van der Waals surface area contributed by atoms with Crippen molar-refractivity contribution in [2.45, 2.75) is 89.3 Å². The number of nitrogens with zero attached hydrogens (tertiary/aromatic N) is 4. The van der Waals surface area contributed by atoms with Crippen LogP contribution in [-0.4, -0.2) is 57.5 Å². The minimum Gasteiger partial charge on any atom is -0.424 e. The zero-order valence-corrected chi connectivity index (χ0v) is 25.6. The molecule has 2 aliphatic carbocycles. The number of amides is 3. The minimum atomic E-state index is -1.00. The molecule has 1 aromatic heterocycles. The summed E-state index contributed by atoms with van der Waals surface area (Å²) in [6.07, 6.45) is 3.35. The SMILES string of the molecule is CC(C)c1nnc(C2(C[C@H](C)NCC(=O)N(C(C)C#N)C3CC3)c3ccc(C(N)=O)cc3CCc3cc(C(N)=O)ccc32)o1. The van der Waals surface area contributed by atoms with E-state index in [2.05, 4.69) is 21.6 Å². The predicted molar refractivity (Wildman–Crippen MR) is 163 cm³/mol. The Hall–Kier alpha value is -4.56. The summed E-state index contributed by atoms with van der Waals surface area (Å²) < 4.78 is 6.42. The summed E-state index contributed by atoms with van der Waals surface area (Å²) in [7, 11) is 0. The summed E-state index contributed by atoms with van der Waals surface area (Å²) in [6.45, 7) is 7.74. The Bertz CT molecular complexity index is 1570. The molecule has 1 heterocycles. The number of carbonyl (C=O) groups is 3. The van der Waals surface area contributed by atoms with E-state index in [0.29, 0.717) is 42.2 Å². The van der Waals surface area contributed by atoms with E-state index in [4.69, 9.17) is 15.9 Å². The van der Waals surface area contributed by atoms with Crippen LogP contribution >= 0.6 is 0 Å². The van der Waals surface area contributed by atoms with Gasteiger partial charge in [0, 0.05) is 29.1 Å². The van der Waals surface area contributed by atoms with Gasteiger partial charge in [-0.2, -0.15) is 5.26 Å². The van der Waals surface area contributed by atoms with Crippen LogP contribution < -0.4 is 16.8 Å². The highest BCUT2D eigenvalue weighted by Gasteiger charge is 2.47. The number of primary amides is 2. The molecule has 230 valence electrons. The van der Waals surface area contributed by atoms with Gasteiger partial charge in [-0.15, -0.1) is 10.2 Å². The van der Waals surface area contributed by atoms with Gasteiger partial charge in [-0.3, -0.25) is 14.4 Å². The van der Waals surface area contributed by atoms with Gasteiger partial charge >= 0.3 is 0 Å². The van der Waals surface area contributed by atoms with E-state index >= 15 is 0 Å². The first kappa shape index (κ1) is 30.9. The maximum atomic E-state index is 13.3. The number of hydrogen-bond donors (Lipinski definition) is 3. The van der Waals surface area contributed by atoms with Crippen molar-refractivity contribution in [3.8, 4) is 6.07 Å². The topological polar surface area (TPSA) is 181 Å². The first-order chi connectivity index (χ1) is 21.0. The van der Waals surface area contributed by atoms with Gasteiger partial charge in [0.15, 0.2) is 0 Å². The van der Waals surface area contributed by atoms with Gasteiger partial charge in [0.2, 0.25) is 29.5 Å². The third-order valence-corrected chi connectivity index (χ3v) is 8.71. The van der Waals surface area contributed by atoms with E-state index in [0.717, 1.165) is 35.1 Å². The molecule has 44 heavy (non-hydrogen) atoms. The molecule has 3 aromatic rings. The largest absolute Gasteiger partial charge is 0.424 e. The van der Waals surface area contributed by atoms with E-state index in [1.807, 2.05) is 45.0 Å². The van der Waals surface area contributed by atoms with E-state index in [1.165, 1.54) is 0 Å². The van der Waals surface area contributed by atoms with Gasteiger partial charge in [0.25, 0.3) is 0 Å². The Labute approximate surface area is 257 Å². The molecule has 1 fully saturated rings. The molecule has 11 nitrogen and oxygen atoms in total. The monoisotopic (exact) mass is 597 g/mol. The van der Waals surface area contributed by atoms with Crippen molar-refractivity contribution in [3.63, 3.8) is 0 Å². The molecule has 0 spiro atoms. The average Bonchev–Trinajstić information content (AvgIpc) is 3.72. The zero-order valence-electron chi connectivity index (χ0n) is 25.6. The quantitative estimate of drug-likeness (QED) is 0.301. The first-order valence-corrected chi connectivity index (χ1v) is 15.1. The highest BCUT2D eigenvalue weighted by molar-refractivity contribution is 5.94. The molecule has 2 atom stereocenters. The van der Waals surface area contributed by atoms with Crippen LogP contribution in [0.25, 0.3) is 0 Å². The maximum Gasteiger partial charge on any atom is 0.248 e. The van der Waals surface area contributed by atoms with Crippen LogP contribution in [0.4, 0.5) is 0 Å². The second kappa shape index (κ2) is 12.2. The summed E-state index contributed by atoms with van der Waals surface area (Å²) in [4.78, 5) is 39.3. The highest BCUT2D eigenvalue weighted by Crippen LogP contribution is 2.48. The van der Waals surface area contributed by atoms with Crippen molar-refractivity contribution in [3.05, 3.63) is 81.6 Å². The molecule has 1 saturated carbocycles. The smallest absolute Gasteiger partial charge is 0.248 e. The molecule has 2 aromatic carbocycles. The number of aromatic nitrogens is 2. The van der Waals surface area contributed by atoms with Crippen molar-refractivity contribution in [2.24, 2.45) is 11.5 Å². The Morgan fingerprint density at radius 2 is 1.57 bits per heavy atom. The van der Waals surface area contributed by atoms with Crippen LogP contribution in [0.1, 0.15) is 108 Å². The van der Waals surface area contributed by atoms with Gasteiger partial charge in [-0.1, -0.05) is 26.0 Å². The Morgan fingerprint density at radius 3 is 2.02 bits per heavy atom. The van der Waals surface area contributed by atoms with Gasteiger partial charge in [0.05, 0.1) is 12.6 Å². The molecule has 3 amide bonds. The number of aryl methyl sites for hydroxylation is 2. The fourth-order valence-corrected chi connectivity index (χ4v) is 6.37. The van der Waals surface area contributed by atoms with Crippen LogP contribution in [0, 0.1) is 11.3 Å². The van der Waals surface area contributed by atoms with Crippen LogP contribution in [-0.2, 0) is 23.1 Å². The van der Waals surface area contributed by atoms with Crippen LogP contribution in [0.5, 0.6) is 0 Å². The highest BCUT2D eigenvalue weighted by atomic mass is 16.4. The van der Waals surface area contributed by atoms with Crippen molar-refractivity contribution in [1.82, 2.24) is 20.4 Å². The maximum absolute atomic E-state index is 13.3. The molecule has 11 heteroatoms. The van der Waals surface area contributed by atoms with Gasteiger partial charge < -0.3 is 26.1 Å². The second-order valence-corrected chi connectivity index (χ2v) is 12.3. The predicted octanol–water partition coefficient (Wildman–Crippen LogP) is 3.10. The van der Waals surface area contributed by atoms with Crippen molar-refractivity contribution < 1.29 is 18.8 Å². The van der Waals surface area contributed by atoms with Gasteiger partial charge in [-0.05, 0) is 92.5 Å². The number of nitrogens with one attached hydrogen (secondary N) is 1. The number of benzene rings is 2. The zero-order chi connectivity index (χ0) is 31.8. The number of fused-ring (bicyclic) bond motifs is 2. The van der Waals surface area contributed by atoms with Crippen molar-refractivity contribution >= 4 is 17.7 Å². The third-order valence-electron chi connectivity index (χ3n) is 8.71. The average molecular weight is 598 g/mol. The van der Waals surface area contributed by atoms with Crippen molar-refractivity contribution in [1.29, 1.82) is 5.26 Å². The molecule has 1 unspecified atom stereocenters. The Morgan fingerprint density at radius 1 is 1.00 bits per heavy atom. The number of nitrogens with two attached hydrogens (primary N) is 2. The fourth-order valence-electron chi connectivity index (χ4n) is 6.37. The van der Waals surface area contributed by atoms with Gasteiger partial charge in [-0.25, -0.2) is 0 Å². The molecule has 0 saturated heterocycles. The standard InChI is InChI=1S/C33H39N7O4/c1-18(2)31-38-39-32(44-31)33(15-19(3)37-17-28(41)40(20(4)16-34)25-9-10-25)26-11-7-23(29(35)42)13-21(26)5-6-22-14-24(30(36)43)8-12-27(22)33/h7-8,11-14,18-20,25,37H,5-6,9-10,15,17H2,1-4H3,(H2,35,42)(H2,36,43)/t19-,20?/m0/s1. The molecule has 5 rings (SSSR count). The summed E-state index contributed by atoms with van der Waals surface area (Å²) in [6, 6.07) is 12.4. The molecular weight excluding hydrogens is 558 g/mol. The lowest BCUT2D eigenvalue weighted by Gasteiger charge is -2.36.